The Morgan fingerprint density at radius 1 is 1.44 bits per heavy atom. The summed E-state index contributed by atoms with van der Waals surface area (Å²) < 4.78 is 27.5. The van der Waals surface area contributed by atoms with Gasteiger partial charge in [-0.1, -0.05) is 0 Å². The molecule has 4 nitrogen and oxygen atoms in total. The van der Waals surface area contributed by atoms with Gasteiger partial charge in [0.2, 0.25) is 0 Å². The third kappa shape index (κ3) is 11.6. The Kier molecular flexibility index (Phi) is 6.62. The van der Waals surface area contributed by atoms with Crippen LogP contribution in [0, 0.1) is 0 Å². The minimum atomic E-state index is -3.92. The van der Waals surface area contributed by atoms with E-state index in [1.165, 1.54) is 0 Å². The fourth-order valence-corrected chi connectivity index (χ4v) is 0.591. The molecule has 9 heavy (non-hydrogen) atoms. The van der Waals surface area contributed by atoms with E-state index in [1.807, 2.05) is 0 Å². The average Bonchev–Trinajstić information content (AvgIpc) is 1.59. The molecule has 0 rings (SSSR count). The van der Waals surface area contributed by atoms with Crippen LogP contribution in [0.4, 0.5) is 0 Å². The van der Waals surface area contributed by atoms with Crippen LogP contribution in [-0.4, -0.2) is 43.9 Å². The fraction of sp³-hybridized carbons (Fsp3) is 0.667. The molecule has 0 radical (unpaired) electrons. The molecule has 0 aromatic rings. The van der Waals surface area contributed by atoms with Gasteiger partial charge >= 0.3 is 18.9 Å². The topological polar surface area (TPSA) is 71.4 Å². The Balaban J connectivity index is 0. The molecule has 0 heterocycles. The van der Waals surface area contributed by atoms with E-state index < -0.39 is 15.9 Å². The Morgan fingerprint density at radius 2 is 1.89 bits per heavy atom. The number of carbonyl (C=O) groups excluding carboxylic acids is 1. The fourth-order valence-electron chi connectivity index (χ4n) is 0.197. The van der Waals surface area contributed by atoms with Crippen molar-refractivity contribution in [3.63, 3.8) is 0 Å². The van der Waals surface area contributed by atoms with Crippen molar-refractivity contribution in [2.24, 2.45) is 0 Å². The monoisotopic (exact) mass is 146 g/mol. The molecule has 0 aromatic carbocycles. The normalized spacial score (nSPS) is 9.89. The number of carbonyl (C=O) groups is 1. The van der Waals surface area contributed by atoms with Gasteiger partial charge in [0.25, 0.3) is 10.1 Å². The van der Waals surface area contributed by atoms with E-state index >= 15 is 0 Å². The summed E-state index contributed by atoms with van der Waals surface area (Å²) in [4.78, 5) is 9.48. The van der Waals surface area contributed by atoms with Crippen LogP contribution in [-0.2, 0) is 14.9 Å². The summed E-state index contributed by atoms with van der Waals surface area (Å²) in [6.45, 7) is 0. The molecule has 0 atom stereocenters. The van der Waals surface area contributed by atoms with Crippen LogP contribution in [0.3, 0.4) is 0 Å². The standard InChI is InChI=1S/C3H6O4S.Li.H/c4-2-1-3-8(5,6)7;;/h2H,1,3H2,(H,5,6,7);;. The van der Waals surface area contributed by atoms with Gasteiger partial charge in [-0.2, -0.15) is 8.42 Å². The first kappa shape index (κ1) is 11.9. The second-order valence-electron chi connectivity index (χ2n) is 1.24. The summed E-state index contributed by atoms with van der Waals surface area (Å²) in [6.07, 6.45) is 0.298. The second kappa shape index (κ2) is 5.00. The van der Waals surface area contributed by atoms with Crippen molar-refractivity contribution in [1.29, 1.82) is 0 Å². The summed E-state index contributed by atoms with van der Waals surface area (Å²) >= 11 is 0. The van der Waals surface area contributed by atoms with Gasteiger partial charge in [0, 0.05) is 6.42 Å². The Bertz CT molecular complexity index is 161. The summed E-state index contributed by atoms with van der Waals surface area (Å²) in [5, 5.41) is 0. The predicted octanol–water partition coefficient (Wildman–Crippen LogP) is -1.19. The molecule has 0 aliphatic carbocycles. The average molecular weight is 146 g/mol. The van der Waals surface area contributed by atoms with Crippen LogP contribution in [0.25, 0.3) is 0 Å². The molecular formula is C3H7LiO4S. The van der Waals surface area contributed by atoms with Gasteiger partial charge in [-0.3, -0.25) is 4.55 Å². The molecule has 0 unspecified atom stereocenters. The molecule has 0 aliphatic heterocycles. The van der Waals surface area contributed by atoms with Crippen LogP contribution < -0.4 is 0 Å². The first-order valence-electron chi connectivity index (χ1n) is 1.95. The van der Waals surface area contributed by atoms with E-state index in [9.17, 15) is 13.2 Å². The third-order valence-electron chi connectivity index (χ3n) is 0.494. The summed E-state index contributed by atoms with van der Waals surface area (Å²) in [5.74, 6) is -0.476. The zero-order valence-corrected chi connectivity index (χ0v) is 4.89. The van der Waals surface area contributed by atoms with Gasteiger partial charge in [-0.15, -0.1) is 0 Å². The van der Waals surface area contributed by atoms with Crippen molar-refractivity contribution < 1.29 is 17.8 Å². The van der Waals surface area contributed by atoms with Crippen LogP contribution in [0.1, 0.15) is 6.42 Å². The molecule has 0 aromatic heterocycles. The van der Waals surface area contributed by atoms with E-state index in [2.05, 4.69) is 0 Å². The van der Waals surface area contributed by atoms with E-state index in [1.54, 1.807) is 0 Å². The molecule has 50 valence electrons. The number of aldehydes is 1. The van der Waals surface area contributed by atoms with Crippen LogP contribution in [0.15, 0.2) is 0 Å². The summed E-state index contributed by atoms with van der Waals surface area (Å²) in [6, 6.07) is 0. The molecule has 0 aliphatic rings. The number of rotatable bonds is 3. The molecule has 0 bridgehead atoms. The van der Waals surface area contributed by atoms with Crippen molar-refractivity contribution in [3.8, 4) is 0 Å². The molecule has 6 heteroatoms. The van der Waals surface area contributed by atoms with Gasteiger partial charge in [0.1, 0.15) is 6.29 Å². The van der Waals surface area contributed by atoms with Crippen molar-refractivity contribution in [2.75, 3.05) is 5.75 Å². The van der Waals surface area contributed by atoms with Gasteiger partial charge in [0.05, 0.1) is 5.75 Å². The zero-order chi connectivity index (χ0) is 6.62. The molecule has 0 fully saturated rings. The predicted molar refractivity (Wildman–Crippen MR) is 34.2 cm³/mol. The number of hydrogen-bond acceptors (Lipinski definition) is 3. The van der Waals surface area contributed by atoms with Gasteiger partial charge < -0.3 is 4.79 Å². The first-order chi connectivity index (χ1) is 3.56. The molecule has 1 N–H and O–H groups in total. The van der Waals surface area contributed by atoms with Crippen molar-refractivity contribution in [3.05, 3.63) is 0 Å². The Hall–Kier alpha value is 0.177. The Labute approximate surface area is 65.6 Å². The van der Waals surface area contributed by atoms with Gasteiger partial charge in [0.15, 0.2) is 0 Å². The molecule has 0 saturated carbocycles. The second-order valence-corrected chi connectivity index (χ2v) is 2.81. The zero-order valence-electron chi connectivity index (χ0n) is 4.07. The summed E-state index contributed by atoms with van der Waals surface area (Å²) in [7, 11) is -3.92. The van der Waals surface area contributed by atoms with E-state index in [-0.39, 0.29) is 25.3 Å². The van der Waals surface area contributed by atoms with Crippen LogP contribution >= 0.6 is 0 Å². The quantitative estimate of drug-likeness (QED) is 0.309. The van der Waals surface area contributed by atoms with Crippen molar-refractivity contribution in [2.45, 2.75) is 6.42 Å². The number of hydrogen-bond donors (Lipinski definition) is 1. The van der Waals surface area contributed by atoms with Crippen molar-refractivity contribution in [1.82, 2.24) is 0 Å². The van der Waals surface area contributed by atoms with Crippen LogP contribution in [0.5, 0.6) is 0 Å². The molecule has 0 saturated heterocycles. The van der Waals surface area contributed by atoms with E-state index in [4.69, 9.17) is 4.55 Å². The maximum atomic E-state index is 9.79. The SMILES string of the molecule is O=CCCS(=O)(=O)O.[LiH]. The molecular weight excluding hydrogens is 139 g/mol. The first-order valence-corrected chi connectivity index (χ1v) is 3.56. The molecule has 0 spiro atoms. The Morgan fingerprint density at radius 3 is 2.00 bits per heavy atom. The van der Waals surface area contributed by atoms with Gasteiger partial charge in [-0.05, 0) is 0 Å². The van der Waals surface area contributed by atoms with E-state index in [0.29, 0.717) is 6.29 Å². The van der Waals surface area contributed by atoms with Crippen LogP contribution in [0.2, 0.25) is 0 Å². The third-order valence-corrected chi connectivity index (χ3v) is 1.25. The van der Waals surface area contributed by atoms with Crippen molar-refractivity contribution >= 4 is 35.3 Å². The summed E-state index contributed by atoms with van der Waals surface area (Å²) in [5.41, 5.74) is 0. The molecule has 0 amide bonds. The minimum absolute atomic E-state index is 0. The van der Waals surface area contributed by atoms with Gasteiger partial charge in [-0.25, -0.2) is 0 Å². The maximum absolute atomic E-state index is 9.79. The van der Waals surface area contributed by atoms with E-state index in [0.717, 1.165) is 0 Å².